The number of piperidine rings is 2. The van der Waals surface area contributed by atoms with Gasteiger partial charge in [0.15, 0.2) is 5.82 Å². The molecule has 3 aliphatic rings. The van der Waals surface area contributed by atoms with Crippen LogP contribution in [0.1, 0.15) is 51.9 Å². The molecule has 3 aromatic rings. The lowest BCUT2D eigenvalue weighted by molar-refractivity contribution is 0.141. The highest BCUT2D eigenvalue weighted by molar-refractivity contribution is 7.89. The first kappa shape index (κ1) is 30.9. The van der Waals surface area contributed by atoms with Gasteiger partial charge in [-0.2, -0.15) is 4.98 Å². The van der Waals surface area contributed by atoms with Gasteiger partial charge in [0.1, 0.15) is 15.7 Å². The van der Waals surface area contributed by atoms with Crippen LogP contribution in [0.5, 0.6) is 5.75 Å². The lowest BCUT2D eigenvalue weighted by atomic mass is 9.99. The van der Waals surface area contributed by atoms with Crippen molar-refractivity contribution < 1.29 is 13.2 Å². The fourth-order valence-corrected chi connectivity index (χ4v) is 7.47. The molecule has 6 rings (SSSR count). The monoisotopic (exact) mass is 639 g/mol. The van der Waals surface area contributed by atoms with Gasteiger partial charge < -0.3 is 25.2 Å². The van der Waals surface area contributed by atoms with Gasteiger partial charge in [-0.1, -0.05) is 30.2 Å². The molecule has 1 aliphatic carbocycles. The standard InChI is InChI=1S/C32H42ClN7O3S/c1-2-43-29-20-25(40-18-14-24(15-19-40)39-16-6-3-7-17-39)12-13-27(29)37-32-34-22-26(33)31(38-32)36-28-8-4-5-9-30(28)44(41,42)35-21-23-10-11-23/h4-5,8-9,12-13,20,22-24,35H,2-3,6-7,10-11,14-19,21H2,1H3,(H2,34,36,37,38). The molecule has 0 radical (unpaired) electrons. The molecule has 3 N–H and O–H groups in total. The van der Waals surface area contributed by atoms with Gasteiger partial charge in [-0.25, -0.2) is 18.1 Å². The molecule has 0 atom stereocenters. The van der Waals surface area contributed by atoms with Crippen molar-refractivity contribution in [1.82, 2.24) is 19.6 Å². The zero-order valence-electron chi connectivity index (χ0n) is 25.3. The summed E-state index contributed by atoms with van der Waals surface area (Å²) in [5.74, 6) is 1.73. The first-order valence-corrected chi connectivity index (χ1v) is 17.7. The topological polar surface area (TPSA) is 112 Å². The van der Waals surface area contributed by atoms with E-state index in [-0.39, 0.29) is 9.92 Å². The molecule has 3 fully saturated rings. The Morgan fingerprint density at radius 3 is 2.48 bits per heavy atom. The molecule has 2 aromatic carbocycles. The number of para-hydroxylation sites is 1. The number of hydrogen-bond acceptors (Lipinski definition) is 9. The Morgan fingerprint density at radius 1 is 0.955 bits per heavy atom. The molecule has 0 bridgehead atoms. The Bertz CT molecular complexity index is 1540. The van der Waals surface area contributed by atoms with Gasteiger partial charge in [-0.05, 0) is 88.7 Å². The molecule has 236 valence electrons. The summed E-state index contributed by atoms with van der Waals surface area (Å²) in [6.07, 6.45) is 9.98. The number of benzene rings is 2. The summed E-state index contributed by atoms with van der Waals surface area (Å²) >= 11 is 6.46. The minimum absolute atomic E-state index is 0.138. The van der Waals surface area contributed by atoms with Crippen LogP contribution in [-0.2, 0) is 10.0 Å². The lowest BCUT2D eigenvalue weighted by Gasteiger charge is -2.41. The van der Waals surface area contributed by atoms with Crippen molar-refractivity contribution in [2.45, 2.75) is 62.8 Å². The van der Waals surface area contributed by atoms with Gasteiger partial charge in [0.2, 0.25) is 16.0 Å². The molecule has 1 saturated carbocycles. The largest absolute Gasteiger partial charge is 0.492 e. The summed E-state index contributed by atoms with van der Waals surface area (Å²) in [7, 11) is -3.71. The quantitative estimate of drug-likeness (QED) is 0.215. The average molecular weight is 640 g/mol. The Morgan fingerprint density at radius 2 is 1.73 bits per heavy atom. The SMILES string of the molecule is CCOc1cc(N2CCC(N3CCCCC3)CC2)ccc1Nc1ncc(Cl)c(Nc2ccccc2S(=O)(=O)NCC2CC2)n1. The first-order valence-electron chi connectivity index (χ1n) is 15.8. The van der Waals surface area contributed by atoms with Gasteiger partial charge in [0.25, 0.3) is 0 Å². The second kappa shape index (κ2) is 13.9. The van der Waals surface area contributed by atoms with E-state index >= 15 is 0 Å². The molecule has 10 nitrogen and oxygen atoms in total. The number of nitrogens with one attached hydrogen (secondary N) is 3. The number of anilines is 5. The number of rotatable bonds is 12. The molecule has 12 heteroatoms. The fraction of sp³-hybridized carbons (Fsp3) is 0.500. The predicted octanol–water partition coefficient (Wildman–Crippen LogP) is 6.16. The third-order valence-electron chi connectivity index (χ3n) is 8.68. The van der Waals surface area contributed by atoms with Gasteiger partial charge >= 0.3 is 0 Å². The van der Waals surface area contributed by atoms with Crippen LogP contribution in [0, 0.1) is 5.92 Å². The molecule has 0 unspecified atom stereocenters. The number of ether oxygens (including phenoxy) is 1. The second-order valence-corrected chi connectivity index (χ2v) is 14.0. The van der Waals surface area contributed by atoms with Crippen molar-refractivity contribution in [2.75, 3.05) is 54.9 Å². The number of aromatic nitrogens is 2. The number of halogens is 1. The average Bonchev–Trinajstić information content (AvgIpc) is 3.88. The Hall–Kier alpha value is -3.12. The van der Waals surface area contributed by atoms with Crippen LogP contribution in [0.2, 0.25) is 5.02 Å². The van der Waals surface area contributed by atoms with Crippen LogP contribution in [-0.4, -0.2) is 68.7 Å². The number of sulfonamides is 1. The third-order valence-corrected chi connectivity index (χ3v) is 10.4. The van der Waals surface area contributed by atoms with Crippen molar-refractivity contribution in [1.29, 1.82) is 0 Å². The summed E-state index contributed by atoms with van der Waals surface area (Å²) in [5, 5.41) is 6.65. The number of hydrogen-bond donors (Lipinski definition) is 3. The summed E-state index contributed by atoms with van der Waals surface area (Å²) in [6, 6.07) is 13.6. The van der Waals surface area contributed by atoms with Crippen LogP contribution < -0.4 is 25.0 Å². The first-order chi connectivity index (χ1) is 21.4. The summed E-state index contributed by atoms with van der Waals surface area (Å²) in [6.45, 7) is 7.47. The fourth-order valence-electron chi connectivity index (χ4n) is 6.05. The molecular weight excluding hydrogens is 598 g/mol. The summed E-state index contributed by atoms with van der Waals surface area (Å²) in [5.41, 5.74) is 2.26. The van der Waals surface area contributed by atoms with E-state index in [0.29, 0.717) is 42.6 Å². The van der Waals surface area contributed by atoms with Crippen LogP contribution in [0.3, 0.4) is 0 Å². The van der Waals surface area contributed by atoms with E-state index in [9.17, 15) is 8.42 Å². The van der Waals surface area contributed by atoms with Crippen LogP contribution in [0.15, 0.2) is 53.6 Å². The van der Waals surface area contributed by atoms with Gasteiger partial charge in [-0.15, -0.1) is 0 Å². The van der Waals surface area contributed by atoms with E-state index in [2.05, 4.69) is 47.3 Å². The number of nitrogens with zero attached hydrogens (tertiary/aromatic N) is 4. The van der Waals surface area contributed by atoms with Gasteiger partial charge in [0, 0.05) is 37.4 Å². The minimum atomic E-state index is -3.71. The highest BCUT2D eigenvalue weighted by atomic mass is 35.5. The van der Waals surface area contributed by atoms with E-state index in [4.69, 9.17) is 16.3 Å². The molecule has 3 heterocycles. The highest BCUT2D eigenvalue weighted by Gasteiger charge is 2.27. The lowest BCUT2D eigenvalue weighted by Crippen LogP contribution is -2.46. The van der Waals surface area contributed by atoms with Crippen molar-refractivity contribution in [2.24, 2.45) is 5.92 Å². The molecule has 44 heavy (non-hydrogen) atoms. The van der Waals surface area contributed by atoms with E-state index in [0.717, 1.165) is 43.1 Å². The van der Waals surface area contributed by atoms with Crippen molar-refractivity contribution in [3.63, 3.8) is 0 Å². The second-order valence-electron chi connectivity index (χ2n) is 11.9. The maximum absolute atomic E-state index is 13.0. The maximum atomic E-state index is 13.0. The minimum Gasteiger partial charge on any atom is -0.492 e. The van der Waals surface area contributed by atoms with Gasteiger partial charge in [0.05, 0.1) is 24.2 Å². The molecular formula is C32H42ClN7O3S. The maximum Gasteiger partial charge on any atom is 0.242 e. The smallest absolute Gasteiger partial charge is 0.242 e. The molecule has 0 spiro atoms. The van der Waals surface area contributed by atoms with Crippen LogP contribution in [0.4, 0.5) is 28.8 Å². The van der Waals surface area contributed by atoms with E-state index in [1.807, 2.05) is 13.0 Å². The Labute approximate surface area is 265 Å². The van der Waals surface area contributed by atoms with Gasteiger partial charge in [-0.3, -0.25) is 0 Å². The van der Waals surface area contributed by atoms with Crippen molar-refractivity contribution in [3.8, 4) is 5.75 Å². The van der Waals surface area contributed by atoms with E-state index in [1.54, 1.807) is 24.3 Å². The predicted molar refractivity (Wildman–Crippen MR) is 176 cm³/mol. The Kier molecular flexibility index (Phi) is 9.75. The molecule has 2 aliphatic heterocycles. The third kappa shape index (κ3) is 7.56. The molecule has 0 amide bonds. The summed E-state index contributed by atoms with van der Waals surface area (Å²) < 4.78 is 34.9. The molecule has 1 aromatic heterocycles. The number of likely N-dealkylation sites (tertiary alicyclic amines) is 1. The zero-order chi connectivity index (χ0) is 30.5. The highest BCUT2D eigenvalue weighted by Crippen LogP contribution is 2.35. The van der Waals surface area contributed by atoms with Crippen LogP contribution in [0.25, 0.3) is 0 Å². The van der Waals surface area contributed by atoms with Crippen molar-refractivity contribution >= 4 is 50.5 Å². The Balaban J connectivity index is 1.15. The normalized spacial score (nSPS) is 18.3. The van der Waals surface area contributed by atoms with Crippen molar-refractivity contribution in [3.05, 3.63) is 53.7 Å². The summed E-state index contributed by atoms with van der Waals surface area (Å²) in [4.78, 5) is 14.2. The van der Waals surface area contributed by atoms with Crippen LogP contribution >= 0.6 is 11.6 Å². The molecule has 2 saturated heterocycles. The zero-order valence-corrected chi connectivity index (χ0v) is 26.8. The van der Waals surface area contributed by atoms with E-state index < -0.39 is 10.0 Å². The van der Waals surface area contributed by atoms with E-state index in [1.165, 1.54) is 51.4 Å².